The number of aldehydes is 1. The van der Waals surface area contributed by atoms with Gasteiger partial charge in [-0.1, -0.05) is 0 Å². The van der Waals surface area contributed by atoms with Gasteiger partial charge in [0.05, 0.1) is 0 Å². The van der Waals surface area contributed by atoms with Gasteiger partial charge in [0.15, 0.2) is 6.29 Å². The summed E-state index contributed by atoms with van der Waals surface area (Å²) in [5.41, 5.74) is 0.742. The zero-order valence-electron chi connectivity index (χ0n) is 7.48. The second kappa shape index (κ2) is 3.96. The van der Waals surface area contributed by atoms with E-state index in [1.54, 1.807) is 23.1 Å². The zero-order valence-corrected chi connectivity index (χ0v) is 10.0. The first kappa shape index (κ1) is 10.1. The van der Waals surface area contributed by atoms with E-state index in [9.17, 15) is 4.79 Å². The fourth-order valence-corrected chi connectivity index (χ4v) is 3.60. The first-order chi connectivity index (χ1) is 6.77. The van der Waals surface area contributed by atoms with E-state index in [0.717, 1.165) is 26.8 Å². The second-order valence-electron chi connectivity index (χ2n) is 2.80. The number of thiophene rings is 1. The van der Waals surface area contributed by atoms with Gasteiger partial charge in [-0.3, -0.25) is 4.79 Å². The predicted octanol–water partition coefficient (Wildman–Crippen LogP) is 3.72. The van der Waals surface area contributed by atoms with Crippen molar-refractivity contribution in [1.82, 2.24) is 0 Å². The van der Waals surface area contributed by atoms with Crippen molar-refractivity contribution in [1.29, 1.82) is 0 Å². The highest BCUT2D eigenvalue weighted by atomic mass is 32.2. The SMILES string of the molecule is CSc1ccc(S)c2c(C=O)csc12. The Morgan fingerprint density at radius 3 is 2.93 bits per heavy atom. The van der Waals surface area contributed by atoms with Gasteiger partial charge in [-0.15, -0.1) is 35.7 Å². The van der Waals surface area contributed by atoms with Crippen LogP contribution in [0.25, 0.3) is 10.1 Å². The molecule has 4 heteroatoms. The number of rotatable bonds is 2. The number of thiol groups is 1. The topological polar surface area (TPSA) is 17.1 Å². The van der Waals surface area contributed by atoms with Crippen LogP contribution in [0.2, 0.25) is 0 Å². The van der Waals surface area contributed by atoms with Crippen molar-refractivity contribution in [3.05, 3.63) is 23.1 Å². The van der Waals surface area contributed by atoms with Crippen molar-refractivity contribution >= 4 is 52.1 Å². The Kier molecular flexibility index (Phi) is 2.85. The third-order valence-electron chi connectivity index (χ3n) is 2.04. The smallest absolute Gasteiger partial charge is 0.151 e. The Morgan fingerprint density at radius 2 is 2.29 bits per heavy atom. The summed E-state index contributed by atoms with van der Waals surface area (Å²) in [5, 5.41) is 2.87. The van der Waals surface area contributed by atoms with Crippen molar-refractivity contribution in [2.24, 2.45) is 0 Å². The quantitative estimate of drug-likeness (QED) is 0.489. The molecule has 2 rings (SSSR count). The van der Waals surface area contributed by atoms with E-state index < -0.39 is 0 Å². The third-order valence-corrected chi connectivity index (χ3v) is 4.35. The van der Waals surface area contributed by atoms with E-state index >= 15 is 0 Å². The molecule has 1 aromatic carbocycles. The molecule has 0 radical (unpaired) electrons. The molecule has 1 aromatic heterocycles. The molecule has 2 aromatic rings. The Bertz CT molecular complexity index is 487. The van der Waals surface area contributed by atoms with Crippen LogP contribution >= 0.6 is 35.7 Å². The highest BCUT2D eigenvalue weighted by molar-refractivity contribution is 7.99. The standard InChI is InChI=1S/C10H8OS3/c1-13-8-3-2-7(12)9-6(4-11)5-14-10(8)9/h2-5,12H,1H3. The normalized spacial score (nSPS) is 10.7. The lowest BCUT2D eigenvalue weighted by Gasteiger charge is -2.01. The van der Waals surface area contributed by atoms with Crippen molar-refractivity contribution in [2.75, 3.05) is 6.26 Å². The first-order valence-corrected chi connectivity index (χ1v) is 6.55. The lowest BCUT2D eigenvalue weighted by molar-refractivity contribution is 0.112. The van der Waals surface area contributed by atoms with E-state index in [1.807, 2.05) is 23.8 Å². The summed E-state index contributed by atoms with van der Waals surface area (Å²) in [6.07, 6.45) is 2.93. The molecule has 0 unspecified atom stereocenters. The summed E-state index contributed by atoms with van der Waals surface area (Å²) in [6.45, 7) is 0. The number of benzene rings is 1. The molecule has 0 aliphatic carbocycles. The highest BCUT2D eigenvalue weighted by Crippen LogP contribution is 2.36. The fraction of sp³-hybridized carbons (Fsp3) is 0.100. The molecule has 0 atom stereocenters. The molecule has 1 nitrogen and oxygen atoms in total. The van der Waals surface area contributed by atoms with E-state index in [2.05, 4.69) is 12.6 Å². The molecule has 14 heavy (non-hydrogen) atoms. The number of hydrogen-bond acceptors (Lipinski definition) is 4. The van der Waals surface area contributed by atoms with Crippen LogP contribution in [0.3, 0.4) is 0 Å². The van der Waals surface area contributed by atoms with Crippen LogP contribution in [0.1, 0.15) is 10.4 Å². The molecular formula is C10H8OS3. The summed E-state index contributed by atoms with van der Waals surface area (Å²) in [6, 6.07) is 3.98. The monoisotopic (exact) mass is 240 g/mol. The van der Waals surface area contributed by atoms with Crippen LogP contribution in [0.15, 0.2) is 27.3 Å². The van der Waals surface area contributed by atoms with Crippen LogP contribution in [-0.2, 0) is 0 Å². The third kappa shape index (κ3) is 1.47. The van der Waals surface area contributed by atoms with Gasteiger partial charge in [-0.05, 0) is 18.4 Å². The summed E-state index contributed by atoms with van der Waals surface area (Å²) in [7, 11) is 0. The predicted molar refractivity (Wildman–Crippen MR) is 66.2 cm³/mol. The highest BCUT2D eigenvalue weighted by Gasteiger charge is 2.09. The Hall–Kier alpha value is -0.450. The molecule has 0 spiro atoms. The van der Waals surface area contributed by atoms with Gasteiger partial charge in [-0.2, -0.15) is 0 Å². The largest absolute Gasteiger partial charge is 0.298 e. The van der Waals surface area contributed by atoms with Crippen LogP contribution in [0.4, 0.5) is 0 Å². The molecule has 0 saturated carbocycles. The van der Waals surface area contributed by atoms with E-state index in [1.165, 1.54) is 4.90 Å². The van der Waals surface area contributed by atoms with Crippen LogP contribution in [0, 0.1) is 0 Å². The van der Waals surface area contributed by atoms with E-state index in [-0.39, 0.29) is 0 Å². The van der Waals surface area contributed by atoms with Gasteiger partial charge < -0.3 is 0 Å². The molecule has 0 aliphatic heterocycles. The molecule has 0 fully saturated rings. The number of carbonyl (C=O) groups excluding carboxylic acids is 1. The van der Waals surface area contributed by atoms with Crippen molar-refractivity contribution < 1.29 is 4.79 Å². The van der Waals surface area contributed by atoms with Gasteiger partial charge in [0, 0.05) is 30.8 Å². The van der Waals surface area contributed by atoms with Crippen LogP contribution < -0.4 is 0 Å². The summed E-state index contributed by atoms with van der Waals surface area (Å²) in [5.74, 6) is 0. The lowest BCUT2D eigenvalue weighted by atomic mass is 10.2. The maximum absolute atomic E-state index is 10.8. The number of hydrogen-bond donors (Lipinski definition) is 1. The fourth-order valence-electron chi connectivity index (χ4n) is 1.38. The van der Waals surface area contributed by atoms with Gasteiger partial charge in [0.25, 0.3) is 0 Å². The Labute approximate surface area is 95.9 Å². The van der Waals surface area contributed by atoms with Gasteiger partial charge in [0.1, 0.15) is 0 Å². The summed E-state index contributed by atoms with van der Waals surface area (Å²) in [4.78, 5) is 12.9. The zero-order chi connectivity index (χ0) is 10.1. The van der Waals surface area contributed by atoms with Crippen molar-refractivity contribution in [2.45, 2.75) is 9.79 Å². The summed E-state index contributed by atoms with van der Waals surface area (Å²) < 4.78 is 1.16. The maximum atomic E-state index is 10.8. The Balaban J connectivity index is 2.86. The minimum absolute atomic E-state index is 0.742. The molecule has 0 saturated heterocycles. The average Bonchev–Trinajstić information content (AvgIpc) is 2.63. The minimum atomic E-state index is 0.742. The average molecular weight is 240 g/mol. The van der Waals surface area contributed by atoms with Crippen LogP contribution in [-0.4, -0.2) is 12.5 Å². The molecule has 1 heterocycles. The second-order valence-corrected chi connectivity index (χ2v) is 5.01. The van der Waals surface area contributed by atoms with Gasteiger partial charge in [0.2, 0.25) is 0 Å². The molecule has 0 aliphatic rings. The van der Waals surface area contributed by atoms with Crippen molar-refractivity contribution in [3.8, 4) is 0 Å². The van der Waals surface area contributed by atoms with Gasteiger partial charge in [-0.25, -0.2) is 0 Å². The minimum Gasteiger partial charge on any atom is -0.298 e. The molecule has 0 bridgehead atoms. The van der Waals surface area contributed by atoms with Crippen molar-refractivity contribution in [3.63, 3.8) is 0 Å². The van der Waals surface area contributed by atoms with Crippen LogP contribution in [0.5, 0.6) is 0 Å². The van der Waals surface area contributed by atoms with E-state index in [0.29, 0.717) is 0 Å². The maximum Gasteiger partial charge on any atom is 0.151 e. The summed E-state index contributed by atoms with van der Waals surface area (Å²) >= 11 is 7.66. The number of carbonyl (C=O) groups is 1. The number of fused-ring (bicyclic) bond motifs is 1. The molecular weight excluding hydrogens is 232 g/mol. The molecule has 0 N–H and O–H groups in total. The van der Waals surface area contributed by atoms with E-state index in [4.69, 9.17) is 0 Å². The Morgan fingerprint density at radius 1 is 1.50 bits per heavy atom. The lowest BCUT2D eigenvalue weighted by Crippen LogP contribution is -1.78. The molecule has 0 amide bonds. The number of thioether (sulfide) groups is 1. The van der Waals surface area contributed by atoms with Gasteiger partial charge >= 0.3 is 0 Å². The first-order valence-electron chi connectivity index (χ1n) is 4.00. The molecule has 72 valence electrons.